The zero-order chi connectivity index (χ0) is 15.2. The summed E-state index contributed by atoms with van der Waals surface area (Å²) in [5.74, 6) is 0.295. The van der Waals surface area contributed by atoms with Gasteiger partial charge in [-0.2, -0.15) is 0 Å². The number of halogens is 2. The van der Waals surface area contributed by atoms with E-state index in [1.54, 1.807) is 6.07 Å². The second-order valence-corrected chi connectivity index (χ2v) is 5.70. The molecular weight excluding hydrogens is 333 g/mol. The highest BCUT2D eigenvalue weighted by Crippen LogP contribution is 2.27. The van der Waals surface area contributed by atoms with Gasteiger partial charge in [-0.1, -0.05) is 47.1 Å². The van der Waals surface area contributed by atoms with Crippen molar-refractivity contribution >= 4 is 15.9 Å². The van der Waals surface area contributed by atoms with Crippen molar-refractivity contribution in [2.45, 2.75) is 26.5 Å². The zero-order valence-electron chi connectivity index (χ0n) is 12.2. The van der Waals surface area contributed by atoms with Crippen molar-refractivity contribution in [3.63, 3.8) is 0 Å². The Morgan fingerprint density at radius 1 is 1.24 bits per heavy atom. The monoisotopic (exact) mass is 351 g/mol. The molecule has 112 valence electrons. The summed E-state index contributed by atoms with van der Waals surface area (Å²) in [5.41, 5.74) is 1.99. The molecule has 1 atom stereocenters. The van der Waals surface area contributed by atoms with E-state index in [4.69, 9.17) is 4.74 Å². The van der Waals surface area contributed by atoms with Gasteiger partial charge in [0.25, 0.3) is 0 Å². The molecule has 1 N–H and O–H groups in total. The standard InChI is InChI=1S/C17H19BrFNO/c1-3-20-12(2)15-9-8-14(19)10-17(15)21-11-13-6-4-5-7-16(13)18/h4-10,12,20H,3,11H2,1-2H3. The van der Waals surface area contributed by atoms with Crippen LogP contribution in [0.5, 0.6) is 5.75 Å². The molecule has 2 aromatic carbocycles. The van der Waals surface area contributed by atoms with Gasteiger partial charge < -0.3 is 10.1 Å². The molecule has 4 heteroatoms. The van der Waals surface area contributed by atoms with E-state index in [1.807, 2.05) is 38.1 Å². The topological polar surface area (TPSA) is 21.3 Å². The van der Waals surface area contributed by atoms with Crippen molar-refractivity contribution in [3.05, 3.63) is 63.9 Å². The Morgan fingerprint density at radius 3 is 2.71 bits per heavy atom. The predicted molar refractivity (Wildman–Crippen MR) is 87.0 cm³/mol. The van der Waals surface area contributed by atoms with Crippen LogP contribution in [0.1, 0.15) is 31.0 Å². The molecular formula is C17H19BrFNO. The minimum absolute atomic E-state index is 0.116. The molecule has 21 heavy (non-hydrogen) atoms. The lowest BCUT2D eigenvalue weighted by atomic mass is 10.1. The van der Waals surface area contributed by atoms with E-state index in [2.05, 4.69) is 21.2 Å². The number of benzene rings is 2. The van der Waals surface area contributed by atoms with Crippen LogP contribution < -0.4 is 10.1 Å². The lowest BCUT2D eigenvalue weighted by Gasteiger charge is -2.18. The van der Waals surface area contributed by atoms with Crippen LogP contribution in [0.25, 0.3) is 0 Å². The lowest BCUT2D eigenvalue weighted by Crippen LogP contribution is -2.18. The van der Waals surface area contributed by atoms with Gasteiger partial charge in [-0.15, -0.1) is 0 Å². The van der Waals surface area contributed by atoms with Crippen molar-refractivity contribution in [3.8, 4) is 5.75 Å². The SMILES string of the molecule is CCNC(C)c1ccc(F)cc1OCc1ccccc1Br. The number of hydrogen-bond donors (Lipinski definition) is 1. The summed E-state index contributed by atoms with van der Waals surface area (Å²) in [6.07, 6.45) is 0. The third kappa shape index (κ3) is 4.29. The molecule has 0 heterocycles. The first kappa shape index (κ1) is 16.0. The van der Waals surface area contributed by atoms with Crippen molar-refractivity contribution < 1.29 is 9.13 Å². The van der Waals surface area contributed by atoms with Crippen LogP contribution in [0.3, 0.4) is 0 Å². The second-order valence-electron chi connectivity index (χ2n) is 4.84. The summed E-state index contributed by atoms with van der Waals surface area (Å²) in [7, 11) is 0. The molecule has 0 radical (unpaired) electrons. The molecule has 0 aliphatic carbocycles. The predicted octanol–water partition coefficient (Wildman–Crippen LogP) is 4.84. The summed E-state index contributed by atoms with van der Waals surface area (Å²) in [4.78, 5) is 0. The average molecular weight is 352 g/mol. The Hall–Kier alpha value is -1.39. The van der Waals surface area contributed by atoms with Gasteiger partial charge in [-0.25, -0.2) is 4.39 Å². The Labute approximate surface area is 133 Å². The van der Waals surface area contributed by atoms with Crippen LogP contribution in [0.4, 0.5) is 4.39 Å². The maximum atomic E-state index is 13.5. The largest absolute Gasteiger partial charge is 0.488 e. The van der Waals surface area contributed by atoms with Crippen molar-refractivity contribution in [2.75, 3.05) is 6.54 Å². The molecule has 0 saturated heterocycles. The Bertz CT molecular complexity index is 603. The number of ether oxygens (including phenoxy) is 1. The number of hydrogen-bond acceptors (Lipinski definition) is 2. The Balaban J connectivity index is 2.18. The summed E-state index contributed by atoms with van der Waals surface area (Å²) < 4.78 is 20.3. The van der Waals surface area contributed by atoms with Crippen LogP contribution in [0.2, 0.25) is 0 Å². The lowest BCUT2D eigenvalue weighted by molar-refractivity contribution is 0.297. The van der Waals surface area contributed by atoms with Crippen molar-refractivity contribution in [1.29, 1.82) is 0 Å². The first-order chi connectivity index (χ1) is 10.1. The van der Waals surface area contributed by atoms with Crippen LogP contribution in [0, 0.1) is 5.82 Å². The minimum atomic E-state index is -0.287. The van der Waals surface area contributed by atoms with Crippen molar-refractivity contribution in [1.82, 2.24) is 5.32 Å². The molecule has 0 aromatic heterocycles. The van der Waals surface area contributed by atoms with Crippen LogP contribution in [0.15, 0.2) is 46.9 Å². The molecule has 0 aliphatic heterocycles. The van der Waals surface area contributed by atoms with Gasteiger partial charge in [-0.05, 0) is 25.6 Å². The third-order valence-corrected chi connectivity index (χ3v) is 4.07. The molecule has 2 aromatic rings. The smallest absolute Gasteiger partial charge is 0.127 e. The minimum Gasteiger partial charge on any atom is -0.488 e. The molecule has 0 spiro atoms. The molecule has 0 fully saturated rings. The molecule has 0 bridgehead atoms. The molecule has 2 rings (SSSR count). The fourth-order valence-corrected chi connectivity index (χ4v) is 2.58. The molecule has 0 aliphatic rings. The zero-order valence-corrected chi connectivity index (χ0v) is 13.8. The number of nitrogens with one attached hydrogen (secondary N) is 1. The van der Waals surface area contributed by atoms with E-state index in [-0.39, 0.29) is 11.9 Å². The Kier molecular flexibility index (Phi) is 5.76. The van der Waals surface area contributed by atoms with E-state index in [0.717, 1.165) is 22.1 Å². The summed E-state index contributed by atoms with van der Waals surface area (Å²) in [6.45, 7) is 5.34. The quantitative estimate of drug-likeness (QED) is 0.803. The summed E-state index contributed by atoms with van der Waals surface area (Å²) in [5, 5.41) is 3.32. The highest BCUT2D eigenvalue weighted by molar-refractivity contribution is 9.10. The maximum absolute atomic E-state index is 13.5. The van der Waals surface area contributed by atoms with E-state index in [0.29, 0.717) is 12.4 Å². The first-order valence-electron chi connectivity index (χ1n) is 7.01. The van der Waals surface area contributed by atoms with Crippen LogP contribution in [-0.2, 0) is 6.61 Å². The van der Waals surface area contributed by atoms with Gasteiger partial charge in [-0.3, -0.25) is 0 Å². The fraction of sp³-hybridized carbons (Fsp3) is 0.294. The van der Waals surface area contributed by atoms with Crippen LogP contribution >= 0.6 is 15.9 Å². The fourth-order valence-electron chi connectivity index (χ4n) is 2.18. The van der Waals surface area contributed by atoms with Gasteiger partial charge in [0.15, 0.2) is 0 Å². The normalized spacial score (nSPS) is 12.2. The van der Waals surface area contributed by atoms with Gasteiger partial charge in [0.05, 0.1) is 0 Å². The highest BCUT2D eigenvalue weighted by atomic mass is 79.9. The summed E-state index contributed by atoms with van der Waals surface area (Å²) in [6, 6.07) is 12.7. The van der Waals surface area contributed by atoms with E-state index < -0.39 is 0 Å². The third-order valence-electron chi connectivity index (χ3n) is 3.29. The molecule has 0 amide bonds. The van der Waals surface area contributed by atoms with Gasteiger partial charge >= 0.3 is 0 Å². The first-order valence-corrected chi connectivity index (χ1v) is 7.80. The van der Waals surface area contributed by atoms with Gasteiger partial charge in [0, 0.05) is 27.7 Å². The average Bonchev–Trinajstić information content (AvgIpc) is 2.46. The number of rotatable bonds is 6. The second kappa shape index (κ2) is 7.57. The maximum Gasteiger partial charge on any atom is 0.127 e. The molecule has 1 unspecified atom stereocenters. The summed E-state index contributed by atoms with van der Waals surface area (Å²) >= 11 is 3.49. The van der Waals surface area contributed by atoms with E-state index in [9.17, 15) is 4.39 Å². The van der Waals surface area contributed by atoms with E-state index >= 15 is 0 Å². The van der Waals surface area contributed by atoms with Crippen molar-refractivity contribution in [2.24, 2.45) is 0 Å². The van der Waals surface area contributed by atoms with Crippen LogP contribution in [-0.4, -0.2) is 6.54 Å². The molecule has 0 saturated carbocycles. The van der Waals surface area contributed by atoms with Gasteiger partial charge in [0.2, 0.25) is 0 Å². The van der Waals surface area contributed by atoms with E-state index in [1.165, 1.54) is 12.1 Å². The Morgan fingerprint density at radius 2 is 2.00 bits per heavy atom. The molecule has 2 nitrogen and oxygen atoms in total. The van der Waals surface area contributed by atoms with Gasteiger partial charge in [0.1, 0.15) is 18.2 Å². The highest BCUT2D eigenvalue weighted by Gasteiger charge is 2.12.